The summed E-state index contributed by atoms with van der Waals surface area (Å²) >= 11 is 1.12. The van der Waals surface area contributed by atoms with Crippen molar-refractivity contribution in [3.63, 3.8) is 0 Å². The maximum atomic E-state index is 12.9. The second-order valence-corrected chi connectivity index (χ2v) is 7.80. The normalized spacial score (nSPS) is 17.2. The zero-order chi connectivity index (χ0) is 20.5. The Morgan fingerprint density at radius 1 is 1.41 bits per heavy atom. The van der Waals surface area contributed by atoms with Crippen molar-refractivity contribution in [1.82, 2.24) is 20.1 Å². The number of carbonyl (C=O) groups is 2. The first kappa shape index (κ1) is 19.5. The summed E-state index contributed by atoms with van der Waals surface area (Å²) in [6.07, 6.45) is 0.401. The summed E-state index contributed by atoms with van der Waals surface area (Å²) in [5, 5.41) is 9.07. The zero-order valence-corrected chi connectivity index (χ0v) is 16.9. The van der Waals surface area contributed by atoms with Gasteiger partial charge in [-0.2, -0.15) is 0 Å². The molecule has 0 aliphatic carbocycles. The van der Waals surface area contributed by atoms with Gasteiger partial charge in [0.15, 0.2) is 0 Å². The molecule has 2 atom stereocenters. The maximum absolute atomic E-state index is 12.9. The quantitative estimate of drug-likeness (QED) is 0.477. The maximum Gasteiger partial charge on any atom is 0.328 e. The lowest BCUT2D eigenvalue weighted by atomic mass is 9.96. The van der Waals surface area contributed by atoms with E-state index in [1.807, 2.05) is 24.3 Å². The molecule has 0 spiro atoms. The Morgan fingerprint density at radius 2 is 2.21 bits per heavy atom. The third kappa shape index (κ3) is 3.73. The summed E-state index contributed by atoms with van der Waals surface area (Å²) in [5.41, 5.74) is 8.67. The molecule has 0 saturated carbocycles. The SMILES string of the molecule is COC(=O)[C@H]1Cc2c([nH]c3ccccc23)CN1C(=O)CSc1nnc([C@H](C)N)o1. The van der Waals surface area contributed by atoms with Crippen LogP contribution in [0.5, 0.6) is 0 Å². The van der Waals surface area contributed by atoms with Crippen LogP contribution in [-0.4, -0.2) is 50.9 Å². The zero-order valence-electron chi connectivity index (χ0n) is 16.0. The van der Waals surface area contributed by atoms with Gasteiger partial charge in [0.1, 0.15) is 6.04 Å². The van der Waals surface area contributed by atoms with Crippen LogP contribution in [0.15, 0.2) is 33.9 Å². The molecule has 0 radical (unpaired) electrons. The van der Waals surface area contributed by atoms with Gasteiger partial charge < -0.3 is 24.8 Å². The number of thioether (sulfide) groups is 1. The number of hydrogen-bond acceptors (Lipinski definition) is 8. The van der Waals surface area contributed by atoms with Crippen LogP contribution >= 0.6 is 11.8 Å². The van der Waals surface area contributed by atoms with Crippen LogP contribution in [0, 0.1) is 0 Å². The van der Waals surface area contributed by atoms with Crippen molar-refractivity contribution in [2.75, 3.05) is 12.9 Å². The molecule has 1 amide bonds. The number of nitrogens with two attached hydrogens (primary N) is 1. The van der Waals surface area contributed by atoms with E-state index in [0.29, 0.717) is 18.9 Å². The Morgan fingerprint density at radius 3 is 2.93 bits per heavy atom. The number of methoxy groups -OCH3 is 1. The van der Waals surface area contributed by atoms with Gasteiger partial charge in [-0.05, 0) is 18.6 Å². The predicted octanol–water partition coefficient (Wildman–Crippen LogP) is 1.79. The van der Waals surface area contributed by atoms with Gasteiger partial charge in [-0.25, -0.2) is 4.79 Å². The van der Waals surface area contributed by atoms with Crippen LogP contribution in [0.1, 0.15) is 30.1 Å². The minimum Gasteiger partial charge on any atom is -0.467 e. The number of amides is 1. The highest BCUT2D eigenvalue weighted by Crippen LogP contribution is 2.31. The van der Waals surface area contributed by atoms with E-state index in [9.17, 15) is 9.59 Å². The number of aromatic nitrogens is 3. The first-order valence-electron chi connectivity index (χ1n) is 9.15. The number of para-hydroxylation sites is 1. The third-order valence-corrected chi connectivity index (χ3v) is 5.73. The van der Waals surface area contributed by atoms with E-state index in [4.69, 9.17) is 14.9 Å². The minimum absolute atomic E-state index is 0.0592. The number of hydrogen-bond donors (Lipinski definition) is 2. The van der Waals surface area contributed by atoms with E-state index < -0.39 is 12.0 Å². The van der Waals surface area contributed by atoms with E-state index in [1.165, 1.54) is 7.11 Å². The lowest BCUT2D eigenvalue weighted by Gasteiger charge is -2.33. The van der Waals surface area contributed by atoms with Crippen molar-refractivity contribution in [2.45, 2.75) is 37.2 Å². The number of nitrogens with one attached hydrogen (secondary N) is 1. The number of benzene rings is 1. The van der Waals surface area contributed by atoms with Crippen molar-refractivity contribution in [1.29, 1.82) is 0 Å². The Balaban J connectivity index is 1.55. The Labute approximate surface area is 171 Å². The predicted molar refractivity (Wildman–Crippen MR) is 106 cm³/mol. The molecule has 29 heavy (non-hydrogen) atoms. The van der Waals surface area contributed by atoms with Gasteiger partial charge in [0.25, 0.3) is 5.22 Å². The first-order chi connectivity index (χ1) is 14.0. The average Bonchev–Trinajstić information content (AvgIpc) is 3.34. The fourth-order valence-corrected chi connectivity index (χ4v) is 4.14. The van der Waals surface area contributed by atoms with Crippen LogP contribution in [0.2, 0.25) is 0 Å². The topological polar surface area (TPSA) is 127 Å². The smallest absolute Gasteiger partial charge is 0.328 e. The largest absolute Gasteiger partial charge is 0.467 e. The molecule has 3 heterocycles. The molecule has 3 aromatic rings. The van der Waals surface area contributed by atoms with Gasteiger partial charge in [0.2, 0.25) is 11.8 Å². The van der Waals surface area contributed by atoms with Gasteiger partial charge in [0.05, 0.1) is 25.4 Å². The molecule has 1 aliphatic heterocycles. The monoisotopic (exact) mass is 415 g/mol. The lowest BCUT2D eigenvalue weighted by Crippen LogP contribution is -2.49. The van der Waals surface area contributed by atoms with Crippen LogP contribution in [-0.2, 0) is 27.3 Å². The molecule has 3 N–H and O–H groups in total. The molecule has 1 aliphatic rings. The van der Waals surface area contributed by atoms with E-state index >= 15 is 0 Å². The summed E-state index contributed by atoms with van der Waals surface area (Å²) in [7, 11) is 1.33. The lowest BCUT2D eigenvalue weighted by molar-refractivity contribution is -0.153. The molecular weight excluding hydrogens is 394 g/mol. The summed E-state index contributed by atoms with van der Waals surface area (Å²) < 4.78 is 10.4. The van der Waals surface area contributed by atoms with Crippen LogP contribution in [0.25, 0.3) is 10.9 Å². The molecular formula is C19H21N5O4S. The number of rotatable bonds is 5. The third-order valence-electron chi connectivity index (χ3n) is 4.93. The van der Waals surface area contributed by atoms with Crippen LogP contribution < -0.4 is 5.73 Å². The number of H-pyrrole nitrogens is 1. The van der Waals surface area contributed by atoms with Crippen molar-refractivity contribution in [3.05, 3.63) is 41.4 Å². The molecule has 1 aromatic carbocycles. The van der Waals surface area contributed by atoms with E-state index in [2.05, 4.69) is 15.2 Å². The molecule has 4 rings (SSSR count). The number of ether oxygens (including phenoxy) is 1. The molecule has 9 nitrogen and oxygen atoms in total. The molecule has 2 aromatic heterocycles. The van der Waals surface area contributed by atoms with Gasteiger partial charge >= 0.3 is 5.97 Å². The number of aromatic amines is 1. The van der Waals surface area contributed by atoms with Crippen molar-refractivity contribution < 1.29 is 18.7 Å². The standard InChI is InChI=1S/C19H21N5O4S/c1-10(20)17-22-23-19(28-17)29-9-16(25)24-8-14-12(7-15(24)18(26)27-2)11-5-3-4-6-13(11)21-14/h3-6,10,15,21H,7-9,20H2,1-2H3/t10-,15+/m0/s1. The Kier molecular flexibility index (Phi) is 5.29. The van der Waals surface area contributed by atoms with Crippen LogP contribution in [0.3, 0.4) is 0 Å². The van der Waals surface area contributed by atoms with E-state index in [0.717, 1.165) is 33.9 Å². The van der Waals surface area contributed by atoms with Crippen molar-refractivity contribution in [2.24, 2.45) is 5.73 Å². The second-order valence-electron chi connectivity index (χ2n) is 6.88. The number of esters is 1. The summed E-state index contributed by atoms with van der Waals surface area (Å²) in [6.45, 7) is 2.04. The van der Waals surface area contributed by atoms with Crippen molar-refractivity contribution >= 4 is 34.5 Å². The Hall–Kier alpha value is -2.85. The average molecular weight is 415 g/mol. The highest BCUT2D eigenvalue weighted by atomic mass is 32.2. The van der Waals surface area contributed by atoms with Gasteiger partial charge in [-0.15, -0.1) is 10.2 Å². The summed E-state index contributed by atoms with van der Waals surface area (Å²) in [6, 6.07) is 6.84. The number of carbonyl (C=O) groups excluding carboxylic acids is 2. The molecule has 0 unspecified atom stereocenters. The fourth-order valence-electron chi connectivity index (χ4n) is 3.49. The van der Waals surface area contributed by atoms with Gasteiger partial charge in [-0.3, -0.25) is 4.79 Å². The molecule has 152 valence electrons. The Bertz CT molecular complexity index is 1060. The second kappa shape index (κ2) is 7.88. The van der Waals surface area contributed by atoms with Crippen LogP contribution in [0.4, 0.5) is 0 Å². The first-order valence-corrected chi connectivity index (χ1v) is 10.1. The highest BCUT2D eigenvalue weighted by Gasteiger charge is 2.37. The fraction of sp³-hybridized carbons (Fsp3) is 0.368. The number of nitrogens with zero attached hydrogens (tertiary/aromatic N) is 3. The molecule has 0 bridgehead atoms. The summed E-state index contributed by atoms with van der Waals surface area (Å²) in [5.74, 6) is -0.274. The number of fused-ring (bicyclic) bond motifs is 3. The minimum atomic E-state index is -0.679. The van der Waals surface area contributed by atoms with Crippen molar-refractivity contribution in [3.8, 4) is 0 Å². The molecule has 10 heteroatoms. The van der Waals surface area contributed by atoms with E-state index in [-0.39, 0.29) is 22.9 Å². The summed E-state index contributed by atoms with van der Waals surface area (Å²) in [4.78, 5) is 30.3. The molecule has 0 fully saturated rings. The molecule has 0 saturated heterocycles. The van der Waals surface area contributed by atoms with Gasteiger partial charge in [-0.1, -0.05) is 30.0 Å². The highest BCUT2D eigenvalue weighted by molar-refractivity contribution is 7.99. The van der Waals surface area contributed by atoms with Gasteiger partial charge in [0, 0.05) is 23.0 Å². The van der Waals surface area contributed by atoms with E-state index in [1.54, 1.807) is 11.8 Å².